The van der Waals surface area contributed by atoms with Gasteiger partial charge in [0, 0.05) is 29.4 Å². The Morgan fingerprint density at radius 3 is 2.62 bits per heavy atom. The van der Waals surface area contributed by atoms with E-state index in [1.807, 2.05) is 20.8 Å². The number of hydrogen-bond donors (Lipinski definition) is 1. The second-order valence-corrected chi connectivity index (χ2v) is 5.27. The molecule has 1 unspecified atom stereocenters. The molecule has 3 nitrogen and oxygen atoms in total. The molecule has 0 fully saturated rings. The summed E-state index contributed by atoms with van der Waals surface area (Å²) in [5, 5.41) is 10.4. The van der Waals surface area contributed by atoms with Crippen molar-refractivity contribution in [3.05, 3.63) is 58.2 Å². The van der Waals surface area contributed by atoms with Crippen LogP contribution in [-0.2, 0) is 6.42 Å². The number of ether oxygens (including phenoxy) is 1. The average molecular weight is 289 g/mol. The van der Waals surface area contributed by atoms with E-state index in [-0.39, 0.29) is 5.82 Å². The summed E-state index contributed by atoms with van der Waals surface area (Å²) in [7, 11) is 1.62. The zero-order chi connectivity index (χ0) is 15.6. The van der Waals surface area contributed by atoms with E-state index in [0.29, 0.717) is 12.0 Å². The summed E-state index contributed by atoms with van der Waals surface area (Å²) in [5.41, 5.74) is 4.07. The van der Waals surface area contributed by atoms with Gasteiger partial charge in [-0.2, -0.15) is 0 Å². The highest BCUT2D eigenvalue weighted by Gasteiger charge is 2.16. The van der Waals surface area contributed by atoms with Crippen molar-refractivity contribution in [2.24, 2.45) is 0 Å². The highest BCUT2D eigenvalue weighted by atomic mass is 19.1. The number of aliphatic hydroxyl groups excluding tert-OH is 1. The monoisotopic (exact) mass is 289 g/mol. The van der Waals surface area contributed by atoms with Crippen molar-refractivity contribution in [1.82, 2.24) is 4.98 Å². The quantitative estimate of drug-likeness (QED) is 0.937. The number of aromatic nitrogens is 1. The first-order chi connectivity index (χ1) is 9.93. The van der Waals surface area contributed by atoms with Crippen molar-refractivity contribution in [3.8, 4) is 5.75 Å². The van der Waals surface area contributed by atoms with Gasteiger partial charge in [0.15, 0.2) is 0 Å². The molecule has 0 saturated heterocycles. The topological polar surface area (TPSA) is 42.4 Å². The summed E-state index contributed by atoms with van der Waals surface area (Å²) < 4.78 is 18.7. The number of halogens is 1. The molecule has 1 heterocycles. The van der Waals surface area contributed by atoms with Gasteiger partial charge in [-0.3, -0.25) is 4.98 Å². The fourth-order valence-electron chi connectivity index (χ4n) is 2.54. The molecule has 1 aromatic carbocycles. The first-order valence-corrected chi connectivity index (χ1v) is 6.87. The lowest BCUT2D eigenvalue weighted by molar-refractivity contribution is 0.175. The largest absolute Gasteiger partial charge is 0.496 e. The van der Waals surface area contributed by atoms with Crippen LogP contribution in [0.4, 0.5) is 4.39 Å². The normalized spacial score (nSPS) is 12.3. The van der Waals surface area contributed by atoms with E-state index in [1.165, 1.54) is 12.1 Å². The third-order valence-corrected chi connectivity index (χ3v) is 3.74. The highest BCUT2D eigenvalue weighted by molar-refractivity contribution is 5.41. The molecule has 4 heteroatoms. The molecule has 2 rings (SSSR count). The molecule has 112 valence electrons. The zero-order valence-electron chi connectivity index (χ0n) is 12.8. The SMILES string of the molecule is COc1c(C)cnc(CC(O)c2cc(F)ccc2C)c1C. The average Bonchev–Trinajstić information content (AvgIpc) is 2.45. The molecule has 21 heavy (non-hydrogen) atoms. The van der Waals surface area contributed by atoms with Crippen LogP contribution in [0.5, 0.6) is 5.75 Å². The Morgan fingerprint density at radius 2 is 1.95 bits per heavy atom. The van der Waals surface area contributed by atoms with Gasteiger partial charge in [-0.25, -0.2) is 4.39 Å². The number of pyridine rings is 1. The zero-order valence-corrected chi connectivity index (χ0v) is 12.8. The second-order valence-electron chi connectivity index (χ2n) is 5.27. The third kappa shape index (κ3) is 3.22. The van der Waals surface area contributed by atoms with Crippen molar-refractivity contribution >= 4 is 0 Å². The van der Waals surface area contributed by atoms with E-state index in [0.717, 1.165) is 28.1 Å². The molecule has 0 aliphatic rings. The molecule has 0 radical (unpaired) electrons. The van der Waals surface area contributed by atoms with Crippen molar-refractivity contribution < 1.29 is 14.2 Å². The maximum absolute atomic E-state index is 13.4. The molecule has 1 N–H and O–H groups in total. The molecule has 2 aromatic rings. The van der Waals surface area contributed by atoms with Gasteiger partial charge < -0.3 is 9.84 Å². The summed E-state index contributed by atoms with van der Waals surface area (Å²) in [5.74, 6) is 0.434. The van der Waals surface area contributed by atoms with Gasteiger partial charge in [-0.15, -0.1) is 0 Å². The van der Waals surface area contributed by atoms with Gasteiger partial charge in [0.1, 0.15) is 11.6 Å². The van der Waals surface area contributed by atoms with Crippen LogP contribution in [0.1, 0.15) is 34.1 Å². The molecular formula is C17H20FNO2. The number of hydrogen-bond acceptors (Lipinski definition) is 3. The number of benzene rings is 1. The predicted molar refractivity (Wildman–Crippen MR) is 80.1 cm³/mol. The van der Waals surface area contributed by atoms with Crippen molar-refractivity contribution in [2.45, 2.75) is 33.3 Å². The van der Waals surface area contributed by atoms with Crippen LogP contribution in [0.2, 0.25) is 0 Å². The van der Waals surface area contributed by atoms with E-state index in [1.54, 1.807) is 19.4 Å². The first-order valence-electron chi connectivity index (χ1n) is 6.87. The molecule has 0 spiro atoms. The molecule has 1 aromatic heterocycles. The third-order valence-electron chi connectivity index (χ3n) is 3.74. The van der Waals surface area contributed by atoms with Crippen LogP contribution >= 0.6 is 0 Å². The Bertz CT molecular complexity index is 655. The Morgan fingerprint density at radius 1 is 1.24 bits per heavy atom. The Labute approximate surface area is 124 Å². The van der Waals surface area contributed by atoms with Crippen molar-refractivity contribution in [1.29, 1.82) is 0 Å². The standard InChI is InChI=1S/C17H20FNO2/c1-10-5-6-13(18)7-14(10)16(20)8-15-12(3)17(21-4)11(2)9-19-15/h5-7,9,16,20H,8H2,1-4H3. The second kappa shape index (κ2) is 6.22. The molecule has 1 atom stereocenters. The lowest BCUT2D eigenvalue weighted by atomic mass is 9.97. The number of methoxy groups -OCH3 is 1. The minimum absolute atomic E-state index is 0.326. The fraction of sp³-hybridized carbons (Fsp3) is 0.353. The summed E-state index contributed by atoms with van der Waals surface area (Å²) in [6.45, 7) is 5.70. The van der Waals surface area contributed by atoms with Gasteiger partial charge >= 0.3 is 0 Å². The van der Waals surface area contributed by atoms with E-state index in [4.69, 9.17) is 4.74 Å². The maximum Gasteiger partial charge on any atom is 0.128 e. The molecule has 0 saturated carbocycles. The predicted octanol–water partition coefficient (Wildman–Crippen LogP) is 3.43. The smallest absolute Gasteiger partial charge is 0.128 e. The van der Waals surface area contributed by atoms with Crippen LogP contribution < -0.4 is 4.74 Å². The maximum atomic E-state index is 13.4. The number of nitrogens with zero attached hydrogens (tertiary/aromatic N) is 1. The minimum atomic E-state index is -0.792. The summed E-state index contributed by atoms with van der Waals surface area (Å²) in [6.07, 6.45) is 1.26. The van der Waals surface area contributed by atoms with Crippen LogP contribution in [0, 0.1) is 26.6 Å². The molecule has 0 bridgehead atoms. The van der Waals surface area contributed by atoms with Crippen LogP contribution in [-0.4, -0.2) is 17.2 Å². The minimum Gasteiger partial charge on any atom is -0.496 e. The lowest BCUT2D eigenvalue weighted by Crippen LogP contribution is -2.08. The summed E-state index contributed by atoms with van der Waals surface area (Å²) in [4.78, 5) is 4.37. The van der Waals surface area contributed by atoms with Crippen LogP contribution in [0.3, 0.4) is 0 Å². The summed E-state index contributed by atoms with van der Waals surface area (Å²) in [6, 6.07) is 4.44. The van der Waals surface area contributed by atoms with Gasteiger partial charge in [0.05, 0.1) is 13.2 Å². The fourth-order valence-corrected chi connectivity index (χ4v) is 2.54. The molecule has 0 aliphatic heterocycles. The van der Waals surface area contributed by atoms with E-state index >= 15 is 0 Å². The van der Waals surface area contributed by atoms with Crippen LogP contribution in [0.15, 0.2) is 24.4 Å². The number of aliphatic hydroxyl groups is 1. The Balaban J connectivity index is 2.32. The van der Waals surface area contributed by atoms with Gasteiger partial charge in [0.2, 0.25) is 0 Å². The highest BCUT2D eigenvalue weighted by Crippen LogP contribution is 2.28. The van der Waals surface area contributed by atoms with Gasteiger partial charge in [0.25, 0.3) is 0 Å². The Hall–Kier alpha value is -1.94. The van der Waals surface area contributed by atoms with Crippen LogP contribution in [0.25, 0.3) is 0 Å². The lowest BCUT2D eigenvalue weighted by Gasteiger charge is -2.17. The molecule has 0 aliphatic carbocycles. The van der Waals surface area contributed by atoms with Crippen molar-refractivity contribution in [3.63, 3.8) is 0 Å². The number of rotatable bonds is 4. The summed E-state index contributed by atoms with van der Waals surface area (Å²) >= 11 is 0. The number of aryl methyl sites for hydroxylation is 2. The molecular weight excluding hydrogens is 269 g/mol. The molecule has 0 amide bonds. The van der Waals surface area contributed by atoms with Crippen molar-refractivity contribution in [2.75, 3.05) is 7.11 Å². The van der Waals surface area contributed by atoms with Gasteiger partial charge in [-0.1, -0.05) is 6.07 Å². The Kier molecular flexibility index (Phi) is 4.58. The van der Waals surface area contributed by atoms with E-state index in [2.05, 4.69) is 4.98 Å². The first kappa shape index (κ1) is 15.4. The van der Waals surface area contributed by atoms with E-state index < -0.39 is 6.10 Å². The van der Waals surface area contributed by atoms with E-state index in [9.17, 15) is 9.50 Å². The van der Waals surface area contributed by atoms with Gasteiger partial charge in [-0.05, 0) is 44.0 Å².